The molecule has 4 heteroatoms. The maximum absolute atomic E-state index is 11.8. The van der Waals surface area contributed by atoms with Gasteiger partial charge in [0.2, 0.25) is 0 Å². The Kier molecular flexibility index (Phi) is 5.33. The van der Waals surface area contributed by atoms with Gasteiger partial charge < -0.3 is 9.64 Å². The number of hydrogen-bond donors (Lipinski definition) is 0. The highest BCUT2D eigenvalue weighted by Gasteiger charge is 2.26. The molecule has 1 aliphatic heterocycles. The molecule has 1 atom stereocenters. The minimum Gasteiger partial charge on any atom is -0.466 e. The number of ether oxygens (including phenoxy) is 1. The third kappa shape index (κ3) is 4.31. The van der Waals surface area contributed by atoms with E-state index in [0.717, 1.165) is 38.9 Å². The number of piperidine rings is 1. The summed E-state index contributed by atoms with van der Waals surface area (Å²) in [6.45, 7) is 5.26. The lowest BCUT2D eigenvalue weighted by Gasteiger charge is -2.31. The number of carbonyl (C=O) groups is 1. The van der Waals surface area contributed by atoms with E-state index in [2.05, 4.69) is 9.88 Å². The average molecular weight is 262 g/mol. The van der Waals surface area contributed by atoms with Crippen LogP contribution in [0.5, 0.6) is 0 Å². The molecule has 104 valence electrons. The standard InChI is InChI=1S/C15H22N2O2/c1-2-19-15(18)14-4-3-10-17(12-14)11-7-13-5-8-16-9-6-13/h5-6,8-9,14H,2-4,7,10-12H2,1H3. The maximum Gasteiger partial charge on any atom is 0.310 e. The summed E-state index contributed by atoms with van der Waals surface area (Å²) in [5, 5.41) is 0. The van der Waals surface area contributed by atoms with Gasteiger partial charge in [-0.05, 0) is 50.4 Å². The smallest absolute Gasteiger partial charge is 0.310 e. The van der Waals surface area contributed by atoms with E-state index in [1.54, 1.807) is 0 Å². The largest absolute Gasteiger partial charge is 0.466 e. The lowest BCUT2D eigenvalue weighted by atomic mass is 9.98. The monoisotopic (exact) mass is 262 g/mol. The first-order chi connectivity index (χ1) is 9.29. The van der Waals surface area contributed by atoms with E-state index in [-0.39, 0.29) is 11.9 Å². The van der Waals surface area contributed by atoms with Crippen LogP contribution in [0, 0.1) is 5.92 Å². The first kappa shape index (κ1) is 14.0. The quantitative estimate of drug-likeness (QED) is 0.760. The Bertz CT molecular complexity index is 394. The maximum atomic E-state index is 11.8. The van der Waals surface area contributed by atoms with Gasteiger partial charge in [0.05, 0.1) is 12.5 Å². The fraction of sp³-hybridized carbons (Fsp3) is 0.600. The number of pyridine rings is 1. The van der Waals surface area contributed by atoms with E-state index in [9.17, 15) is 4.79 Å². The molecule has 19 heavy (non-hydrogen) atoms. The summed E-state index contributed by atoms with van der Waals surface area (Å²) in [7, 11) is 0. The Morgan fingerprint density at radius 3 is 3.00 bits per heavy atom. The van der Waals surface area contributed by atoms with Gasteiger partial charge >= 0.3 is 5.97 Å². The predicted molar refractivity (Wildman–Crippen MR) is 73.7 cm³/mol. The molecule has 0 aromatic carbocycles. The lowest BCUT2D eigenvalue weighted by Crippen LogP contribution is -2.40. The summed E-state index contributed by atoms with van der Waals surface area (Å²) in [5.74, 6) is 0.0299. The van der Waals surface area contributed by atoms with Crippen molar-refractivity contribution in [1.29, 1.82) is 0 Å². The Labute approximate surface area is 114 Å². The van der Waals surface area contributed by atoms with Crippen LogP contribution in [0.25, 0.3) is 0 Å². The number of hydrogen-bond acceptors (Lipinski definition) is 4. The van der Waals surface area contributed by atoms with Crippen LogP contribution in [0.1, 0.15) is 25.3 Å². The van der Waals surface area contributed by atoms with Crippen molar-refractivity contribution in [2.24, 2.45) is 5.92 Å². The molecular weight excluding hydrogens is 240 g/mol. The molecule has 1 aliphatic rings. The van der Waals surface area contributed by atoms with E-state index in [1.807, 2.05) is 31.5 Å². The topological polar surface area (TPSA) is 42.4 Å². The Balaban J connectivity index is 1.79. The molecule has 1 aromatic heterocycles. The fourth-order valence-electron chi connectivity index (χ4n) is 2.55. The summed E-state index contributed by atoms with van der Waals surface area (Å²) in [4.78, 5) is 18.1. The minimum absolute atomic E-state index is 0.0314. The molecule has 0 bridgehead atoms. The second kappa shape index (κ2) is 7.24. The highest BCUT2D eigenvalue weighted by atomic mass is 16.5. The van der Waals surface area contributed by atoms with Crippen LogP contribution < -0.4 is 0 Å². The zero-order valence-corrected chi connectivity index (χ0v) is 11.5. The van der Waals surface area contributed by atoms with Gasteiger partial charge in [0.1, 0.15) is 0 Å². The number of likely N-dealkylation sites (tertiary alicyclic amines) is 1. The Morgan fingerprint density at radius 2 is 2.26 bits per heavy atom. The van der Waals surface area contributed by atoms with E-state index in [1.165, 1.54) is 5.56 Å². The van der Waals surface area contributed by atoms with Crippen LogP contribution in [-0.4, -0.2) is 42.1 Å². The fourth-order valence-corrected chi connectivity index (χ4v) is 2.55. The van der Waals surface area contributed by atoms with Crippen molar-refractivity contribution in [2.45, 2.75) is 26.2 Å². The van der Waals surface area contributed by atoms with Crippen molar-refractivity contribution in [1.82, 2.24) is 9.88 Å². The molecule has 1 saturated heterocycles. The minimum atomic E-state index is -0.0314. The first-order valence-corrected chi connectivity index (χ1v) is 7.07. The summed E-state index contributed by atoms with van der Waals surface area (Å²) in [6, 6.07) is 4.10. The zero-order valence-electron chi connectivity index (χ0n) is 11.5. The summed E-state index contributed by atoms with van der Waals surface area (Å²) in [6.07, 6.45) is 6.71. The number of nitrogens with zero attached hydrogens (tertiary/aromatic N) is 2. The molecule has 0 spiro atoms. The number of rotatable bonds is 5. The number of carbonyl (C=O) groups excluding carboxylic acids is 1. The van der Waals surface area contributed by atoms with Crippen molar-refractivity contribution in [3.63, 3.8) is 0 Å². The van der Waals surface area contributed by atoms with Gasteiger partial charge in [-0.25, -0.2) is 0 Å². The van der Waals surface area contributed by atoms with Gasteiger partial charge in [-0.3, -0.25) is 9.78 Å². The molecule has 0 saturated carbocycles. The molecule has 1 unspecified atom stereocenters. The lowest BCUT2D eigenvalue weighted by molar-refractivity contribution is -0.149. The van der Waals surface area contributed by atoms with Gasteiger partial charge in [0, 0.05) is 25.5 Å². The Hall–Kier alpha value is -1.42. The summed E-state index contributed by atoms with van der Waals surface area (Å²) < 4.78 is 5.12. The van der Waals surface area contributed by atoms with E-state index in [4.69, 9.17) is 4.74 Å². The summed E-state index contributed by atoms with van der Waals surface area (Å²) in [5.41, 5.74) is 1.30. The zero-order chi connectivity index (χ0) is 13.5. The van der Waals surface area contributed by atoms with Crippen molar-refractivity contribution >= 4 is 5.97 Å². The molecule has 0 N–H and O–H groups in total. The van der Waals surface area contributed by atoms with Crippen molar-refractivity contribution in [3.8, 4) is 0 Å². The van der Waals surface area contributed by atoms with Crippen LogP contribution in [0.3, 0.4) is 0 Å². The first-order valence-electron chi connectivity index (χ1n) is 7.07. The van der Waals surface area contributed by atoms with Crippen molar-refractivity contribution in [3.05, 3.63) is 30.1 Å². The van der Waals surface area contributed by atoms with Crippen LogP contribution in [-0.2, 0) is 16.0 Å². The average Bonchev–Trinajstić information content (AvgIpc) is 2.47. The highest BCUT2D eigenvalue weighted by Crippen LogP contribution is 2.18. The van der Waals surface area contributed by atoms with E-state index >= 15 is 0 Å². The predicted octanol–water partition coefficient (Wildman–Crippen LogP) is 1.90. The molecule has 0 radical (unpaired) electrons. The molecular formula is C15H22N2O2. The van der Waals surface area contributed by atoms with E-state index in [0.29, 0.717) is 6.61 Å². The van der Waals surface area contributed by atoms with Gasteiger partial charge in [0.15, 0.2) is 0 Å². The van der Waals surface area contributed by atoms with Crippen molar-refractivity contribution in [2.75, 3.05) is 26.2 Å². The van der Waals surface area contributed by atoms with Crippen LogP contribution in [0.15, 0.2) is 24.5 Å². The SMILES string of the molecule is CCOC(=O)C1CCCN(CCc2ccncc2)C1. The molecule has 1 aromatic rings. The third-order valence-corrected chi connectivity index (χ3v) is 3.59. The van der Waals surface area contributed by atoms with Crippen LogP contribution >= 0.6 is 0 Å². The number of esters is 1. The molecule has 0 amide bonds. The van der Waals surface area contributed by atoms with Crippen LogP contribution in [0.2, 0.25) is 0 Å². The molecule has 2 rings (SSSR count). The second-order valence-electron chi connectivity index (χ2n) is 5.00. The van der Waals surface area contributed by atoms with Crippen molar-refractivity contribution < 1.29 is 9.53 Å². The molecule has 1 fully saturated rings. The third-order valence-electron chi connectivity index (χ3n) is 3.59. The van der Waals surface area contributed by atoms with Gasteiger partial charge in [-0.15, -0.1) is 0 Å². The van der Waals surface area contributed by atoms with E-state index < -0.39 is 0 Å². The summed E-state index contributed by atoms with van der Waals surface area (Å²) >= 11 is 0. The molecule has 0 aliphatic carbocycles. The second-order valence-corrected chi connectivity index (χ2v) is 5.00. The number of aromatic nitrogens is 1. The Morgan fingerprint density at radius 1 is 1.47 bits per heavy atom. The van der Waals surface area contributed by atoms with Gasteiger partial charge in [0.25, 0.3) is 0 Å². The molecule has 4 nitrogen and oxygen atoms in total. The van der Waals surface area contributed by atoms with Gasteiger partial charge in [-0.1, -0.05) is 0 Å². The normalized spacial score (nSPS) is 20.2. The molecule has 2 heterocycles. The van der Waals surface area contributed by atoms with Gasteiger partial charge in [-0.2, -0.15) is 0 Å². The highest BCUT2D eigenvalue weighted by molar-refractivity contribution is 5.72. The van der Waals surface area contributed by atoms with Crippen LogP contribution in [0.4, 0.5) is 0 Å².